The van der Waals surface area contributed by atoms with Gasteiger partial charge in [-0.1, -0.05) is 42.5 Å². The summed E-state index contributed by atoms with van der Waals surface area (Å²) in [5, 5.41) is 11.8. The van der Waals surface area contributed by atoms with Crippen LogP contribution in [0.1, 0.15) is 41.6 Å². The lowest BCUT2D eigenvalue weighted by Gasteiger charge is -2.15. The first-order valence-electron chi connectivity index (χ1n) is 7.44. The average molecular weight is 275 g/mol. The number of rotatable bonds is 3. The van der Waals surface area contributed by atoms with E-state index in [0.717, 1.165) is 22.0 Å². The minimum Gasteiger partial charge on any atom is -0.384 e. The van der Waals surface area contributed by atoms with Gasteiger partial charge in [-0.15, -0.1) is 0 Å². The number of benzene rings is 2. The van der Waals surface area contributed by atoms with E-state index >= 15 is 0 Å². The minimum absolute atomic E-state index is 0.600. The number of pyridine rings is 1. The van der Waals surface area contributed by atoms with Crippen LogP contribution in [0.15, 0.2) is 60.8 Å². The Kier molecular flexibility index (Phi) is 2.97. The molecule has 1 aliphatic rings. The lowest BCUT2D eigenvalue weighted by atomic mass is 9.95. The maximum atomic E-state index is 10.8. The van der Waals surface area contributed by atoms with Gasteiger partial charge in [0.05, 0.1) is 5.52 Å². The molecule has 0 saturated heterocycles. The summed E-state index contributed by atoms with van der Waals surface area (Å²) in [4.78, 5) is 4.36. The van der Waals surface area contributed by atoms with Crippen molar-refractivity contribution < 1.29 is 5.11 Å². The molecular formula is C19H17NO. The van der Waals surface area contributed by atoms with Gasteiger partial charge in [0.15, 0.2) is 0 Å². The van der Waals surface area contributed by atoms with Gasteiger partial charge in [0, 0.05) is 11.6 Å². The second kappa shape index (κ2) is 4.97. The largest absolute Gasteiger partial charge is 0.384 e. The van der Waals surface area contributed by atoms with E-state index in [1.54, 1.807) is 6.20 Å². The summed E-state index contributed by atoms with van der Waals surface area (Å²) in [6.07, 6.45) is 3.73. The smallest absolute Gasteiger partial charge is 0.105 e. The van der Waals surface area contributed by atoms with E-state index in [1.165, 1.54) is 18.4 Å². The summed E-state index contributed by atoms with van der Waals surface area (Å²) < 4.78 is 0. The Morgan fingerprint density at radius 3 is 2.71 bits per heavy atom. The first-order valence-corrected chi connectivity index (χ1v) is 7.44. The Hall–Kier alpha value is -2.19. The molecule has 1 aromatic heterocycles. The van der Waals surface area contributed by atoms with Crippen LogP contribution >= 0.6 is 0 Å². The van der Waals surface area contributed by atoms with Gasteiger partial charge in [-0.2, -0.15) is 0 Å². The highest BCUT2D eigenvalue weighted by Crippen LogP contribution is 2.41. The summed E-state index contributed by atoms with van der Waals surface area (Å²) in [6.45, 7) is 0. The van der Waals surface area contributed by atoms with E-state index in [-0.39, 0.29) is 0 Å². The van der Waals surface area contributed by atoms with Crippen molar-refractivity contribution in [2.45, 2.75) is 24.9 Å². The number of aromatic nitrogens is 1. The molecule has 0 amide bonds. The van der Waals surface area contributed by atoms with Gasteiger partial charge in [0.25, 0.3) is 0 Å². The predicted octanol–water partition coefficient (Wildman–Crippen LogP) is 4.19. The van der Waals surface area contributed by atoms with Crippen molar-refractivity contribution >= 4 is 10.9 Å². The van der Waals surface area contributed by atoms with Crippen molar-refractivity contribution in [2.75, 3.05) is 0 Å². The number of fused-ring (bicyclic) bond motifs is 1. The Labute approximate surface area is 124 Å². The van der Waals surface area contributed by atoms with Crippen LogP contribution in [0.3, 0.4) is 0 Å². The normalized spacial score (nSPS) is 16.0. The molecule has 1 heterocycles. The van der Waals surface area contributed by atoms with Gasteiger partial charge >= 0.3 is 0 Å². The Morgan fingerprint density at radius 1 is 1.00 bits per heavy atom. The molecule has 2 aromatic carbocycles. The van der Waals surface area contributed by atoms with Gasteiger partial charge in [0.2, 0.25) is 0 Å². The highest BCUT2D eigenvalue weighted by molar-refractivity contribution is 5.82. The molecule has 2 heteroatoms. The quantitative estimate of drug-likeness (QED) is 0.777. The van der Waals surface area contributed by atoms with Crippen LogP contribution in [-0.2, 0) is 0 Å². The Morgan fingerprint density at radius 2 is 1.86 bits per heavy atom. The van der Waals surface area contributed by atoms with Crippen LogP contribution in [0, 0.1) is 0 Å². The number of nitrogens with zero attached hydrogens (tertiary/aromatic N) is 1. The Balaban J connectivity index is 1.79. The number of aliphatic hydroxyl groups excluding tert-OH is 1. The zero-order valence-electron chi connectivity index (χ0n) is 11.7. The van der Waals surface area contributed by atoms with Crippen LogP contribution < -0.4 is 0 Å². The molecule has 1 atom stereocenters. The number of hydrogen-bond donors (Lipinski definition) is 1. The third-order valence-corrected chi connectivity index (χ3v) is 4.25. The van der Waals surface area contributed by atoms with Gasteiger partial charge in [-0.25, -0.2) is 0 Å². The zero-order valence-corrected chi connectivity index (χ0v) is 11.7. The lowest BCUT2D eigenvalue weighted by Crippen LogP contribution is -2.01. The molecular weight excluding hydrogens is 258 g/mol. The standard InChI is InChI=1S/C19H17NO/c21-19(15-5-1-4-14(12-15)13-9-10-13)17-6-2-8-18-16(17)7-3-11-20-18/h1-8,11-13,19,21H,9-10H2. The van der Waals surface area contributed by atoms with Crippen molar-refractivity contribution in [3.63, 3.8) is 0 Å². The van der Waals surface area contributed by atoms with E-state index in [0.29, 0.717) is 5.92 Å². The van der Waals surface area contributed by atoms with Crippen LogP contribution in [0.25, 0.3) is 10.9 Å². The summed E-state index contributed by atoms with van der Waals surface area (Å²) in [5.41, 5.74) is 4.17. The molecule has 21 heavy (non-hydrogen) atoms. The molecule has 0 bridgehead atoms. The fourth-order valence-corrected chi connectivity index (χ4v) is 2.94. The highest BCUT2D eigenvalue weighted by Gasteiger charge is 2.24. The van der Waals surface area contributed by atoms with Crippen molar-refractivity contribution in [3.8, 4) is 0 Å². The highest BCUT2D eigenvalue weighted by atomic mass is 16.3. The number of aliphatic hydroxyl groups is 1. The maximum absolute atomic E-state index is 10.8. The fourth-order valence-electron chi connectivity index (χ4n) is 2.94. The molecule has 1 unspecified atom stereocenters. The summed E-state index contributed by atoms with van der Waals surface area (Å²) in [6, 6.07) is 18.2. The van der Waals surface area contributed by atoms with Gasteiger partial charge in [-0.05, 0) is 47.6 Å². The maximum Gasteiger partial charge on any atom is 0.105 e. The zero-order chi connectivity index (χ0) is 14.2. The monoisotopic (exact) mass is 275 g/mol. The third-order valence-electron chi connectivity index (χ3n) is 4.25. The molecule has 104 valence electrons. The molecule has 1 N–H and O–H groups in total. The van der Waals surface area contributed by atoms with Crippen LogP contribution in [0.2, 0.25) is 0 Å². The SMILES string of the molecule is OC(c1cccc(C2CC2)c1)c1cccc2ncccc12. The topological polar surface area (TPSA) is 33.1 Å². The molecule has 0 aliphatic heterocycles. The average Bonchev–Trinajstić information content (AvgIpc) is 3.39. The fraction of sp³-hybridized carbons (Fsp3) is 0.211. The van der Waals surface area contributed by atoms with E-state index in [4.69, 9.17) is 0 Å². The van der Waals surface area contributed by atoms with E-state index in [9.17, 15) is 5.11 Å². The predicted molar refractivity (Wildman–Crippen MR) is 84.2 cm³/mol. The van der Waals surface area contributed by atoms with Crippen LogP contribution in [0.4, 0.5) is 0 Å². The molecule has 1 saturated carbocycles. The Bertz CT molecular complexity index is 787. The van der Waals surface area contributed by atoms with Gasteiger partial charge in [0.1, 0.15) is 6.10 Å². The van der Waals surface area contributed by atoms with Crippen molar-refractivity contribution in [1.82, 2.24) is 4.98 Å². The molecule has 1 aliphatic carbocycles. The minimum atomic E-state index is -0.600. The van der Waals surface area contributed by atoms with Gasteiger partial charge in [-0.3, -0.25) is 4.98 Å². The molecule has 0 spiro atoms. The second-order valence-corrected chi connectivity index (χ2v) is 5.76. The first kappa shape index (κ1) is 12.5. The summed E-state index contributed by atoms with van der Waals surface area (Å²) >= 11 is 0. The first-order chi connectivity index (χ1) is 10.3. The van der Waals surface area contributed by atoms with Crippen molar-refractivity contribution in [3.05, 3.63) is 77.5 Å². The molecule has 3 aromatic rings. The number of hydrogen-bond acceptors (Lipinski definition) is 2. The van der Waals surface area contributed by atoms with Crippen molar-refractivity contribution in [1.29, 1.82) is 0 Å². The summed E-state index contributed by atoms with van der Waals surface area (Å²) in [7, 11) is 0. The summed E-state index contributed by atoms with van der Waals surface area (Å²) in [5.74, 6) is 0.700. The van der Waals surface area contributed by atoms with Gasteiger partial charge < -0.3 is 5.11 Å². The third kappa shape index (κ3) is 2.32. The lowest BCUT2D eigenvalue weighted by molar-refractivity contribution is 0.222. The molecule has 1 fully saturated rings. The van der Waals surface area contributed by atoms with E-state index < -0.39 is 6.10 Å². The van der Waals surface area contributed by atoms with Crippen molar-refractivity contribution in [2.24, 2.45) is 0 Å². The van der Waals surface area contributed by atoms with E-state index in [2.05, 4.69) is 23.2 Å². The molecule has 0 radical (unpaired) electrons. The van der Waals surface area contributed by atoms with E-state index in [1.807, 2.05) is 36.4 Å². The molecule has 4 rings (SSSR count). The van der Waals surface area contributed by atoms with Crippen LogP contribution in [0.5, 0.6) is 0 Å². The second-order valence-electron chi connectivity index (χ2n) is 5.76. The molecule has 2 nitrogen and oxygen atoms in total. The van der Waals surface area contributed by atoms with Crippen LogP contribution in [-0.4, -0.2) is 10.1 Å².